The highest BCUT2D eigenvalue weighted by atomic mass is 32.2. The van der Waals surface area contributed by atoms with Crippen LogP contribution in [0.4, 0.5) is 0 Å². The van der Waals surface area contributed by atoms with Gasteiger partial charge < -0.3 is 11.1 Å². The van der Waals surface area contributed by atoms with Gasteiger partial charge in [-0.25, -0.2) is 4.68 Å². The molecule has 1 amide bonds. The second-order valence-corrected chi connectivity index (χ2v) is 4.64. The summed E-state index contributed by atoms with van der Waals surface area (Å²) < 4.78 is 1.72. The minimum atomic E-state index is -0.302. The molecule has 96 valence electrons. The molecule has 0 spiro atoms. The normalized spacial score (nSPS) is 12.6. The molecule has 7 nitrogen and oxygen atoms in total. The molecule has 3 N–H and O–H groups in total. The van der Waals surface area contributed by atoms with E-state index in [1.165, 1.54) is 11.8 Å². The summed E-state index contributed by atoms with van der Waals surface area (Å²) in [6, 6.07) is 0. The van der Waals surface area contributed by atoms with Crippen molar-refractivity contribution in [2.75, 3.05) is 18.8 Å². The molecule has 1 atom stereocenters. The number of carbonyl (C=O) groups is 1. The predicted octanol–water partition coefficient (Wildman–Crippen LogP) is -0.504. The lowest BCUT2D eigenvalue weighted by atomic mass is 10.2. The zero-order valence-corrected chi connectivity index (χ0v) is 10.9. The van der Waals surface area contributed by atoms with Gasteiger partial charge in [0.05, 0.1) is 6.54 Å². The van der Waals surface area contributed by atoms with E-state index in [0.717, 1.165) is 18.2 Å². The maximum Gasteiger partial charge on any atom is 0.221 e. The molecule has 0 aliphatic rings. The number of nitrogens with zero attached hydrogens (tertiary/aromatic N) is 4. The van der Waals surface area contributed by atoms with Gasteiger partial charge in [-0.15, -0.1) is 5.10 Å². The molecule has 0 fully saturated rings. The summed E-state index contributed by atoms with van der Waals surface area (Å²) in [7, 11) is 0. The summed E-state index contributed by atoms with van der Waals surface area (Å²) in [6.07, 6.45) is 0. The van der Waals surface area contributed by atoms with Gasteiger partial charge in [-0.3, -0.25) is 4.79 Å². The van der Waals surface area contributed by atoms with Gasteiger partial charge in [0.2, 0.25) is 11.1 Å². The molecular formula is C9H18N6OS. The Balaban J connectivity index is 2.42. The van der Waals surface area contributed by atoms with Crippen molar-refractivity contribution in [1.82, 2.24) is 25.5 Å². The van der Waals surface area contributed by atoms with Crippen LogP contribution in [0.5, 0.6) is 0 Å². The van der Waals surface area contributed by atoms with Gasteiger partial charge in [-0.05, 0) is 17.0 Å². The summed E-state index contributed by atoms with van der Waals surface area (Å²) in [5.74, 6) is 0.111. The van der Waals surface area contributed by atoms with Crippen molar-refractivity contribution in [3.05, 3.63) is 0 Å². The molecule has 17 heavy (non-hydrogen) atoms. The molecular weight excluding hydrogens is 240 g/mol. The molecule has 0 bridgehead atoms. The van der Waals surface area contributed by atoms with Crippen molar-refractivity contribution < 1.29 is 4.79 Å². The number of aromatic nitrogens is 4. The zero-order valence-electron chi connectivity index (χ0n) is 10.1. The average Bonchev–Trinajstić information content (AvgIpc) is 2.74. The maximum absolute atomic E-state index is 10.9. The van der Waals surface area contributed by atoms with Crippen molar-refractivity contribution in [3.8, 4) is 0 Å². The van der Waals surface area contributed by atoms with Gasteiger partial charge in [0.15, 0.2) is 0 Å². The molecule has 1 aromatic heterocycles. The monoisotopic (exact) mass is 258 g/mol. The second-order valence-electron chi connectivity index (χ2n) is 3.65. The second kappa shape index (κ2) is 7.23. The van der Waals surface area contributed by atoms with E-state index in [1.807, 2.05) is 6.92 Å². The number of nitrogens with two attached hydrogens (primary N) is 1. The van der Waals surface area contributed by atoms with Crippen LogP contribution in [0.3, 0.4) is 0 Å². The van der Waals surface area contributed by atoms with Crippen molar-refractivity contribution in [3.63, 3.8) is 0 Å². The number of hydrogen-bond acceptors (Lipinski definition) is 6. The van der Waals surface area contributed by atoms with Crippen LogP contribution in [0.2, 0.25) is 0 Å². The molecule has 0 aromatic carbocycles. The molecule has 0 aliphatic carbocycles. The standard InChI is InChI=1S/C9H18N6OS/c1-3-11-4-5-15-9(12-13-14-15)17-6-7(2)8(10)16/h7,11H,3-6H2,1-2H3,(H2,10,16). The fraction of sp³-hybridized carbons (Fsp3) is 0.778. The summed E-state index contributed by atoms with van der Waals surface area (Å²) >= 11 is 1.45. The molecule has 0 saturated carbocycles. The summed E-state index contributed by atoms with van der Waals surface area (Å²) in [6.45, 7) is 6.30. The van der Waals surface area contributed by atoms with Gasteiger partial charge in [-0.1, -0.05) is 25.6 Å². The van der Waals surface area contributed by atoms with Gasteiger partial charge in [0.1, 0.15) is 0 Å². The first-order valence-corrected chi connectivity index (χ1v) is 6.52. The van der Waals surface area contributed by atoms with E-state index < -0.39 is 0 Å². The fourth-order valence-corrected chi connectivity index (χ4v) is 2.02. The number of rotatable bonds is 8. The van der Waals surface area contributed by atoms with Crippen LogP contribution in [0.1, 0.15) is 13.8 Å². The first-order chi connectivity index (χ1) is 8.15. The molecule has 0 radical (unpaired) electrons. The highest BCUT2D eigenvalue weighted by molar-refractivity contribution is 7.99. The van der Waals surface area contributed by atoms with Crippen LogP contribution in [0.25, 0.3) is 0 Å². The summed E-state index contributed by atoms with van der Waals surface area (Å²) in [4.78, 5) is 10.9. The number of primary amides is 1. The Morgan fingerprint density at radius 3 is 3.06 bits per heavy atom. The van der Waals surface area contributed by atoms with Gasteiger partial charge >= 0.3 is 0 Å². The quantitative estimate of drug-likeness (QED) is 0.481. The number of tetrazole rings is 1. The van der Waals surface area contributed by atoms with Crippen LogP contribution >= 0.6 is 11.8 Å². The Morgan fingerprint density at radius 2 is 2.41 bits per heavy atom. The van der Waals surface area contributed by atoms with Gasteiger partial charge in [-0.2, -0.15) is 0 Å². The first kappa shape index (κ1) is 13.9. The fourth-order valence-electron chi connectivity index (χ4n) is 1.08. The van der Waals surface area contributed by atoms with E-state index in [4.69, 9.17) is 5.73 Å². The van der Waals surface area contributed by atoms with Crippen LogP contribution < -0.4 is 11.1 Å². The Morgan fingerprint density at radius 1 is 1.65 bits per heavy atom. The summed E-state index contributed by atoms with van der Waals surface area (Å²) in [5, 5.41) is 15.3. The maximum atomic E-state index is 10.9. The minimum absolute atomic E-state index is 0.182. The lowest BCUT2D eigenvalue weighted by Gasteiger charge is -2.07. The van der Waals surface area contributed by atoms with E-state index >= 15 is 0 Å². The Bertz CT molecular complexity index is 355. The highest BCUT2D eigenvalue weighted by Gasteiger charge is 2.12. The van der Waals surface area contributed by atoms with Crippen LogP contribution in [-0.2, 0) is 11.3 Å². The van der Waals surface area contributed by atoms with E-state index in [-0.39, 0.29) is 11.8 Å². The van der Waals surface area contributed by atoms with E-state index in [9.17, 15) is 4.79 Å². The van der Waals surface area contributed by atoms with Crippen molar-refractivity contribution in [1.29, 1.82) is 0 Å². The van der Waals surface area contributed by atoms with Gasteiger partial charge in [0.25, 0.3) is 0 Å². The van der Waals surface area contributed by atoms with Crippen molar-refractivity contribution >= 4 is 17.7 Å². The third kappa shape index (κ3) is 4.70. The predicted molar refractivity (Wildman–Crippen MR) is 65.4 cm³/mol. The number of carbonyl (C=O) groups excluding carboxylic acids is 1. The number of nitrogens with one attached hydrogen (secondary N) is 1. The smallest absolute Gasteiger partial charge is 0.221 e. The number of thioether (sulfide) groups is 1. The Kier molecular flexibility index (Phi) is 5.92. The Hall–Kier alpha value is -1.15. The van der Waals surface area contributed by atoms with Gasteiger partial charge in [0, 0.05) is 18.2 Å². The minimum Gasteiger partial charge on any atom is -0.369 e. The van der Waals surface area contributed by atoms with Crippen LogP contribution in [0.15, 0.2) is 5.16 Å². The third-order valence-corrected chi connectivity index (χ3v) is 3.41. The van der Waals surface area contributed by atoms with E-state index in [2.05, 4.69) is 20.8 Å². The molecule has 8 heteroatoms. The number of likely N-dealkylation sites (N-methyl/N-ethyl adjacent to an activating group) is 1. The van der Waals surface area contributed by atoms with Crippen molar-refractivity contribution in [2.24, 2.45) is 11.7 Å². The zero-order chi connectivity index (χ0) is 12.7. The lowest BCUT2D eigenvalue weighted by Crippen LogP contribution is -2.23. The topological polar surface area (TPSA) is 98.7 Å². The van der Waals surface area contributed by atoms with Crippen LogP contribution in [0, 0.1) is 5.92 Å². The van der Waals surface area contributed by atoms with E-state index in [0.29, 0.717) is 12.3 Å². The van der Waals surface area contributed by atoms with Crippen molar-refractivity contribution in [2.45, 2.75) is 25.5 Å². The molecule has 1 heterocycles. The molecule has 1 unspecified atom stereocenters. The van der Waals surface area contributed by atoms with E-state index in [1.54, 1.807) is 11.6 Å². The average molecular weight is 258 g/mol. The third-order valence-electron chi connectivity index (χ3n) is 2.20. The Labute approximate surface area is 105 Å². The number of hydrogen-bond donors (Lipinski definition) is 2. The molecule has 0 aliphatic heterocycles. The molecule has 1 aromatic rings. The lowest BCUT2D eigenvalue weighted by molar-refractivity contribution is -0.120. The van der Waals surface area contributed by atoms with Crippen LogP contribution in [-0.4, -0.2) is 45.0 Å². The SMILES string of the molecule is CCNCCn1nnnc1SCC(C)C(N)=O. The highest BCUT2D eigenvalue weighted by Crippen LogP contribution is 2.16. The molecule has 0 saturated heterocycles. The summed E-state index contributed by atoms with van der Waals surface area (Å²) in [5.41, 5.74) is 5.19. The first-order valence-electron chi connectivity index (χ1n) is 5.54. The number of amides is 1. The largest absolute Gasteiger partial charge is 0.369 e. The molecule has 1 rings (SSSR count).